The number of hydrogen-bond acceptors (Lipinski definition) is 5. The number of amides is 2. The molecule has 1 aliphatic heterocycles. The zero-order chi connectivity index (χ0) is 16.2. The molecule has 3 rings (SSSR count). The molecule has 124 valence electrons. The predicted molar refractivity (Wildman–Crippen MR) is 85.4 cm³/mol. The fraction of sp³-hybridized carbons (Fsp3) is 0.562. The number of esters is 1. The summed E-state index contributed by atoms with van der Waals surface area (Å²) in [6, 6.07) is 1.33. The van der Waals surface area contributed by atoms with E-state index in [-0.39, 0.29) is 12.5 Å². The SMILES string of the molecule is O=C(COC(=O)c1cc2c(s1)CCC2)N[C@H]1CCCCNC1=O. The number of carbonyl (C=O) groups excluding carboxylic acids is 3. The first kappa shape index (κ1) is 16.0. The number of rotatable bonds is 4. The molecule has 2 amide bonds. The lowest BCUT2D eigenvalue weighted by atomic mass is 10.1. The average Bonchev–Trinajstić information content (AvgIpc) is 3.07. The van der Waals surface area contributed by atoms with Gasteiger partial charge in [0.25, 0.3) is 5.91 Å². The monoisotopic (exact) mass is 336 g/mol. The largest absolute Gasteiger partial charge is 0.451 e. The molecule has 0 saturated carbocycles. The van der Waals surface area contributed by atoms with Gasteiger partial charge in [-0.25, -0.2) is 4.79 Å². The van der Waals surface area contributed by atoms with Crippen LogP contribution in [0.1, 0.15) is 45.8 Å². The summed E-state index contributed by atoms with van der Waals surface area (Å²) in [7, 11) is 0. The molecule has 0 aromatic carbocycles. The minimum absolute atomic E-state index is 0.170. The first-order chi connectivity index (χ1) is 11.1. The van der Waals surface area contributed by atoms with Gasteiger partial charge in [-0.2, -0.15) is 0 Å². The van der Waals surface area contributed by atoms with Gasteiger partial charge >= 0.3 is 5.97 Å². The first-order valence-electron chi connectivity index (χ1n) is 7.99. The third kappa shape index (κ3) is 3.90. The fourth-order valence-corrected chi connectivity index (χ4v) is 4.09. The summed E-state index contributed by atoms with van der Waals surface area (Å²) in [6.45, 7) is 0.286. The van der Waals surface area contributed by atoms with Crippen molar-refractivity contribution in [1.29, 1.82) is 0 Å². The van der Waals surface area contributed by atoms with Gasteiger partial charge in [-0.05, 0) is 50.2 Å². The number of aryl methyl sites for hydroxylation is 2. The molecule has 1 fully saturated rings. The lowest BCUT2D eigenvalue weighted by Gasteiger charge is -2.14. The summed E-state index contributed by atoms with van der Waals surface area (Å²) in [4.78, 5) is 37.4. The van der Waals surface area contributed by atoms with Crippen molar-refractivity contribution in [1.82, 2.24) is 10.6 Å². The van der Waals surface area contributed by atoms with Gasteiger partial charge in [-0.1, -0.05) is 0 Å². The highest BCUT2D eigenvalue weighted by atomic mass is 32.1. The van der Waals surface area contributed by atoms with Crippen molar-refractivity contribution in [2.75, 3.05) is 13.2 Å². The Morgan fingerprint density at radius 1 is 1.30 bits per heavy atom. The molecular formula is C16H20N2O4S. The van der Waals surface area contributed by atoms with Crippen LogP contribution < -0.4 is 10.6 Å². The Bertz CT molecular complexity index is 604. The zero-order valence-corrected chi connectivity index (χ0v) is 13.7. The van der Waals surface area contributed by atoms with E-state index in [0.29, 0.717) is 17.8 Å². The maximum absolute atomic E-state index is 12.0. The summed E-state index contributed by atoms with van der Waals surface area (Å²) >= 11 is 1.45. The standard InChI is InChI=1S/C16H20N2O4S/c19-14(18-11-5-1-2-7-17-15(11)20)9-22-16(21)13-8-10-4-3-6-12(10)23-13/h8,11H,1-7,9H2,(H,17,20)(H,18,19)/t11-/m0/s1. The molecule has 1 saturated heterocycles. The lowest BCUT2D eigenvalue weighted by molar-refractivity contribution is -0.130. The van der Waals surface area contributed by atoms with Crippen LogP contribution in [-0.2, 0) is 27.2 Å². The molecule has 1 aliphatic carbocycles. The minimum atomic E-state index is -0.533. The summed E-state index contributed by atoms with van der Waals surface area (Å²) in [6.07, 6.45) is 5.58. The molecule has 2 heterocycles. The van der Waals surface area contributed by atoms with Crippen LogP contribution in [-0.4, -0.2) is 37.0 Å². The predicted octanol–water partition coefficient (Wildman–Crippen LogP) is 1.18. The van der Waals surface area contributed by atoms with E-state index < -0.39 is 17.9 Å². The third-order valence-electron chi connectivity index (χ3n) is 4.15. The Morgan fingerprint density at radius 3 is 3.00 bits per heavy atom. The number of hydrogen-bond donors (Lipinski definition) is 2. The Morgan fingerprint density at radius 2 is 2.17 bits per heavy atom. The molecule has 2 aliphatic rings. The quantitative estimate of drug-likeness (QED) is 0.809. The summed E-state index contributed by atoms with van der Waals surface area (Å²) in [5.41, 5.74) is 1.22. The molecule has 1 aromatic rings. The second-order valence-electron chi connectivity index (χ2n) is 5.90. The second-order valence-corrected chi connectivity index (χ2v) is 7.03. The number of ether oxygens (including phenoxy) is 1. The van der Waals surface area contributed by atoms with Crippen molar-refractivity contribution >= 4 is 29.1 Å². The van der Waals surface area contributed by atoms with Crippen LogP contribution in [0.15, 0.2) is 6.07 Å². The summed E-state index contributed by atoms with van der Waals surface area (Å²) in [5, 5.41) is 5.38. The van der Waals surface area contributed by atoms with Crippen LogP contribution in [0.25, 0.3) is 0 Å². The molecule has 0 spiro atoms. The number of thiophene rings is 1. The van der Waals surface area contributed by atoms with Crippen LogP contribution >= 0.6 is 11.3 Å². The summed E-state index contributed by atoms with van der Waals surface area (Å²) in [5.74, 6) is -1.08. The van der Waals surface area contributed by atoms with Gasteiger partial charge in [0.2, 0.25) is 5.91 Å². The molecule has 7 heteroatoms. The van der Waals surface area contributed by atoms with E-state index in [1.165, 1.54) is 21.8 Å². The van der Waals surface area contributed by atoms with E-state index in [4.69, 9.17) is 4.74 Å². The van der Waals surface area contributed by atoms with Crippen LogP contribution in [0.2, 0.25) is 0 Å². The maximum atomic E-state index is 12.0. The number of fused-ring (bicyclic) bond motifs is 1. The minimum Gasteiger partial charge on any atom is -0.451 e. The molecule has 2 N–H and O–H groups in total. The molecule has 1 aromatic heterocycles. The Labute approximate surface area is 138 Å². The van der Waals surface area contributed by atoms with Crippen LogP contribution in [0.5, 0.6) is 0 Å². The number of carbonyl (C=O) groups is 3. The Balaban J connectivity index is 1.48. The van der Waals surface area contributed by atoms with Gasteiger partial charge in [0.1, 0.15) is 10.9 Å². The third-order valence-corrected chi connectivity index (χ3v) is 5.37. The Hall–Kier alpha value is -1.89. The highest BCUT2D eigenvalue weighted by molar-refractivity contribution is 7.14. The maximum Gasteiger partial charge on any atom is 0.348 e. The van der Waals surface area contributed by atoms with Crippen molar-refractivity contribution in [2.24, 2.45) is 0 Å². The smallest absolute Gasteiger partial charge is 0.348 e. The van der Waals surface area contributed by atoms with Crippen molar-refractivity contribution in [3.8, 4) is 0 Å². The highest BCUT2D eigenvalue weighted by Crippen LogP contribution is 2.30. The van der Waals surface area contributed by atoms with Crippen LogP contribution in [0.4, 0.5) is 0 Å². The van der Waals surface area contributed by atoms with Crippen molar-refractivity contribution in [2.45, 2.75) is 44.6 Å². The topological polar surface area (TPSA) is 84.5 Å². The molecule has 0 bridgehead atoms. The van der Waals surface area contributed by atoms with Gasteiger partial charge in [0, 0.05) is 11.4 Å². The van der Waals surface area contributed by atoms with Gasteiger partial charge in [-0.3, -0.25) is 9.59 Å². The molecule has 0 unspecified atom stereocenters. The zero-order valence-electron chi connectivity index (χ0n) is 12.9. The van der Waals surface area contributed by atoms with Crippen molar-refractivity contribution in [3.63, 3.8) is 0 Å². The lowest BCUT2D eigenvalue weighted by Crippen LogP contribution is -2.46. The van der Waals surface area contributed by atoms with E-state index in [2.05, 4.69) is 10.6 Å². The van der Waals surface area contributed by atoms with Gasteiger partial charge in [0.05, 0.1) is 0 Å². The first-order valence-corrected chi connectivity index (χ1v) is 8.81. The Kier molecular flexibility index (Phi) is 4.95. The molecule has 23 heavy (non-hydrogen) atoms. The normalized spacial score (nSPS) is 20.3. The van der Waals surface area contributed by atoms with Crippen molar-refractivity contribution < 1.29 is 19.1 Å². The highest BCUT2D eigenvalue weighted by Gasteiger charge is 2.24. The van der Waals surface area contributed by atoms with E-state index in [1.54, 1.807) is 0 Å². The van der Waals surface area contributed by atoms with E-state index >= 15 is 0 Å². The van der Waals surface area contributed by atoms with Gasteiger partial charge in [-0.15, -0.1) is 11.3 Å². The van der Waals surface area contributed by atoms with Gasteiger partial charge in [0.15, 0.2) is 6.61 Å². The van der Waals surface area contributed by atoms with E-state index in [1.807, 2.05) is 6.07 Å². The van der Waals surface area contributed by atoms with Crippen LogP contribution in [0.3, 0.4) is 0 Å². The molecule has 1 atom stereocenters. The molecular weight excluding hydrogens is 316 g/mol. The second kappa shape index (κ2) is 7.12. The fourth-order valence-electron chi connectivity index (χ4n) is 2.94. The van der Waals surface area contributed by atoms with Gasteiger partial charge < -0.3 is 15.4 Å². The molecule has 0 radical (unpaired) electrons. The van der Waals surface area contributed by atoms with E-state index in [0.717, 1.165) is 32.1 Å². The van der Waals surface area contributed by atoms with Crippen molar-refractivity contribution in [3.05, 3.63) is 21.4 Å². The van der Waals surface area contributed by atoms with E-state index in [9.17, 15) is 14.4 Å². The van der Waals surface area contributed by atoms with Crippen LogP contribution in [0, 0.1) is 0 Å². The number of nitrogens with one attached hydrogen (secondary N) is 2. The summed E-state index contributed by atoms with van der Waals surface area (Å²) < 4.78 is 5.06. The molecule has 6 nitrogen and oxygen atoms in total. The average molecular weight is 336 g/mol.